The van der Waals surface area contributed by atoms with Crippen LogP contribution in [-0.2, 0) is 0 Å². The van der Waals surface area contributed by atoms with Crippen molar-refractivity contribution in [2.45, 2.75) is 9.79 Å². The molecule has 2 N–H and O–H groups in total. The summed E-state index contributed by atoms with van der Waals surface area (Å²) in [5, 5.41) is 1.35. The van der Waals surface area contributed by atoms with Crippen molar-refractivity contribution in [1.82, 2.24) is 0 Å². The third-order valence-electron chi connectivity index (χ3n) is 2.07. The van der Waals surface area contributed by atoms with Crippen LogP contribution < -0.4 is 5.73 Å². The molecule has 0 saturated carbocycles. The van der Waals surface area contributed by atoms with E-state index in [1.807, 2.05) is 24.3 Å². The summed E-state index contributed by atoms with van der Waals surface area (Å²) in [5.74, 6) is 0. The van der Waals surface area contributed by atoms with Crippen LogP contribution in [0.15, 0.2) is 50.7 Å². The maximum atomic E-state index is 6.11. The van der Waals surface area contributed by atoms with Crippen LogP contribution in [0.25, 0.3) is 0 Å². The van der Waals surface area contributed by atoms with Gasteiger partial charge in [0.15, 0.2) is 0 Å². The average Bonchev–Trinajstić information content (AvgIpc) is 2.27. The first-order chi connectivity index (χ1) is 8.06. The first kappa shape index (κ1) is 13.1. The molecule has 2 rings (SSSR count). The number of halogens is 3. The van der Waals surface area contributed by atoms with Gasteiger partial charge in [0.1, 0.15) is 0 Å². The lowest BCUT2D eigenvalue weighted by Gasteiger charge is -2.07. The lowest BCUT2D eigenvalue weighted by atomic mass is 10.3. The van der Waals surface area contributed by atoms with Gasteiger partial charge in [-0.3, -0.25) is 0 Å². The summed E-state index contributed by atoms with van der Waals surface area (Å²) in [6.07, 6.45) is 0. The maximum Gasteiger partial charge on any atom is 0.0546 e. The molecule has 0 heterocycles. The molecule has 0 aliphatic rings. The first-order valence-electron chi connectivity index (χ1n) is 4.74. The Morgan fingerprint density at radius 2 is 1.76 bits per heavy atom. The zero-order chi connectivity index (χ0) is 12.4. The minimum Gasteiger partial charge on any atom is -0.399 e. The number of nitrogen functional groups attached to an aromatic ring is 1. The Morgan fingerprint density at radius 1 is 1.00 bits per heavy atom. The molecule has 0 saturated heterocycles. The van der Waals surface area contributed by atoms with E-state index in [1.165, 1.54) is 0 Å². The van der Waals surface area contributed by atoms with E-state index in [-0.39, 0.29) is 0 Å². The second kappa shape index (κ2) is 5.53. The lowest BCUT2D eigenvalue weighted by Crippen LogP contribution is -1.85. The molecule has 2 aromatic carbocycles. The van der Waals surface area contributed by atoms with E-state index in [1.54, 1.807) is 23.9 Å². The SMILES string of the molecule is Nc1ccc(Sc2cc(Cl)ccc2Cl)c(Br)c1. The summed E-state index contributed by atoms with van der Waals surface area (Å²) >= 11 is 17.1. The second-order valence-electron chi connectivity index (χ2n) is 3.37. The summed E-state index contributed by atoms with van der Waals surface area (Å²) in [7, 11) is 0. The van der Waals surface area contributed by atoms with E-state index in [0.29, 0.717) is 10.0 Å². The van der Waals surface area contributed by atoms with Gasteiger partial charge in [0.2, 0.25) is 0 Å². The molecular weight excluding hydrogens is 341 g/mol. The molecule has 88 valence electrons. The molecule has 0 amide bonds. The fourth-order valence-electron chi connectivity index (χ4n) is 1.27. The molecule has 0 unspecified atom stereocenters. The van der Waals surface area contributed by atoms with Crippen LogP contribution in [0.3, 0.4) is 0 Å². The molecule has 2 aromatic rings. The number of benzene rings is 2. The monoisotopic (exact) mass is 347 g/mol. The largest absolute Gasteiger partial charge is 0.399 e. The Kier molecular flexibility index (Phi) is 4.26. The molecule has 0 atom stereocenters. The van der Waals surface area contributed by atoms with Crippen LogP contribution in [-0.4, -0.2) is 0 Å². The van der Waals surface area contributed by atoms with Crippen molar-refractivity contribution in [3.8, 4) is 0 Å². The second-order valence-corrected chi connectivity index (χ2v) is 6.15. The van der Waals surface area contributed by atoms with E-state index in [2.05, 4.69) is 15.9 Å². The minimum absolute atomic E-state index is 0.670. The highest BCUT2D eigenvalue weighted by molar-refractivity contribution is 9.10. The van der Waals surface area contributed by atoms with Crippen LogP contribution in [0.4, 0.5) is 5.69 Å². The Bertz CT molecular complexity index is 560. The van der Waals surface area contributed by atoms with Gasteiger partial charge in [0.25, 0.3) is 0 Å². The molecule has 5 heteroatoms. The first-order valence-corrected chi connectivity index (χ1v) is 7.11. The van der Waals surface area contributed by atoms with Crippen LogP contribution in [0.5, 0.6) is 0 Å². The Labute approximate surface area is 122 Å². The summed E-state index contributed by atoms with van der Waals surface area (Å²) in [4.78, 5) is 1.97. The van der Waals surface area contributed by atoms with E-state index in [9.17, 15) is 0 Å². The average molecular weight is 349 g/mol. The van der Waals surface area contributed by atoms with Crippen molar-refractivity contribution in [3.63, 3.8) is 0 Å². The van der Waals surface area contributed by atoms with E-state index in [4.69, 9.17) is 28.9 Å². The number of nitrogens with two attached hydrogens (primary N) is 1. The van der Waals surface area contributed by atoms with Gasteiger partial charge < -0.3 is 5.73 Å². The third-order valence-corrected chi connectivity index (χ3v) is 4.80. The van der Waals surface area contributed by atoms with Crippen molar-refractivity contribution in [1.29, 1.82) is 0 Å². The van der Waals surface area contributed by atoms with E-state index in [0.717, 1.165) is 20.0 Å². The Hall–Kier alpha value is -0.350. The normalized spacial score (nSPS) is 10.5. The zero-order valence-corrected chi connectivity index (χ0v) is 12.5. The molecule has 1 nitrogen and oxygen atoms in total. The molecule has 0 spiro atoms. The molecule has 0 aliphatic carbocycles. The van der Waals surface area contributed by atoms with Gasteiger partial charge in [-0.2, -0.15) is 0 Å². The number of hydrogen-bond donors (Lipinski definition) is 1. The quantitative estimate of drug-likeness (QED) is 0.726. The van der Waals surface area contributed by atoms with Crippen molar-refractivity contribution >= 4 is 56.6 Å². The molecular formula is C12H8BrCl2NS. The van der Waals surface area contributed by atoms with Crippen molar-refractivity contribution in [2.24, 2.45) is 0 Å². The smallest absolute Gasteiger partial charge is 0.0546 e. The third kappa shape index (κ3) is 3.32. The van der Waals surface area contributed by atoms with Crippen LogP contribution in [0.2, 0.25) is 10.0 Å². The van der Waals surface area contributed by atoms with Gasteiger partial charge in [-0.05, 0) is 52.3 Å². The van der Waals surface area contributed by atoms with E-state index < -0.39 is 0 Å². The molecule has 17 heavy (non-hydrogen) atoms. The number of anilines is 1. The van der Waals surface area contributed by atoms with Crippen LogP contribution >= 0.6 is 50.9 Å². The highest BCUT2D eigenvalue weighted by Gasteiger charge is 2.07. The van der Waals surface area contributed by atoms with Gasteiger partial charge >= 0.3 is 0 Å². The van der Waals surface area contributed by atoms with Crippen LogP contribution in [0, 0.1) is 0 Å². The van der Waals surface area contributed by atoms with Gasteiger partial charge in [-0.15, -0.1) is 0 Å². The molecule has 0 radical (unpaired) electrons. The number of rotatable bonds is 2. The predicted molar refractivity (Wildman–Crippen MR) is 79.1 cm³/mol. The lowest BCUT2D eigenvalue weighted by molar-refractivity contribution is 1.37. The summed E-state index contributed by atoms with van der Waals surface area (Å²) in [5.41, 5.74) is 6.41. The van der Waals surface area contributed by atoms with E-state index >= 15 is 0 Å². The predicted octanol–water partition coefficient (Wildman–Crippen LogP) is 5.49. The highest BCUT2D eigenvalue weighted by Crippen LogP contribution is 2.38. The fourth-order valence-corrected chi connectivity index (χ4v) is 3.26. The van der Waals surface area contributed by atoms with Crippen molar-refractivity contribution < 1.29 is 0 Å². The summed E-state index contributed by atoms with van der Waals surface area (Å²) in [6.45, 7) is 0. The molecule has 0 aromatic heterocycles. The van der Waals surface area contributed by atoms with Gasteiger partial charge in [0.05, 0.1) is 5.02 Å². The van der Waals surface area contributed by atoms with Crippen molar-refractivity contribution in [2.75, 3.05) is 5.73 Å². The summed E-state index contributed by atoms with van der Waals surface area (Å²) < 4.78 is 0.943. The standard InChI is InChI=1S/C12H8BrCl2NS/c13-9-6-8(16)2-4-11(9)17-12-5-7(14)1-3-10(12)15/h1-6H,16H2. The minimum atomic E-state index is 0.670. The Morgan fingerprint density at radius 3 is 2.47 bits per heavy atom. The zero-order valence-electron chi connectivity index (χ0n) is 8.58. The maximum absolute atomic E-state index is 6.11. The van der Waals surface area contributed by atoms with Crippen LogP contribution in [0.1, 0.15) is 0 Å². The van der Waals surface area contributed by atoms with Gasteiger partial charge in [0, 0.05) is 25.0 Å². The Balaban J connectivity index is 2.34. The molecule has 0 fully saturated rings. The number of hydrogen-bond acceptors (Lipinski definition) is 2. The van der Waals surface area contributed by atoms with Crippen molar-refractivity contribution in [3.05, 3.63) is 50.9 Å². The molecule has 0 aliphatic heterocycles. The van der Waals surface area contributed by atoms with Gasteiger partial charge in [-0.1, -0.05) is 35.0 Å². The fraction of sp³-hybridized carbons (Fsp3) is 0. The topological polar surface area (TPSA) is 26.0 Å². The highest BCUT2D eigenvalue weighted by atomic mass is 79.9. The van der Waals surface area contributed by atoms with Gasteiger partial charge in [-0.25, -0.2) is 0 Å². The molecule has 0 bridgehead atoms. The summed E-state index contributed by atoms with van der Waals surface area (Å²) in [6, 6.07) is 11.1.